The van der Waals surface area contributed by atoms with Gasteiger partial charge in [0.05, 0.1) is 24.3 Å². The number of benzene rings is 1. The van der Waals surface area contributed by atoms with Gasteiger partial charge in [-0.3, -0.25) is 4.79 Å². The van der Waals surface area contributed by atoms with E-state index in [1.807, 2.05) is 0 Å². The molecule has 1 saturated carbocycles. The zero-order chi connectivity index (χ0) is 15.4. The zero-order valence-corrected chi connectivity index (χ0v) is 12.0. The van der Waals surface area contributed by atoms with Crippen LogP contribution in [0.1, 0.15) is 36.0 Å². The van der Waals surface area contributed by atoms with Crippen molar-refractivity contribution in [2.45, 2.75) is 31.7 Å². The lowest BCUT2D eigenvalue weighted by atomic mass is 9.84. The number of nitrogens with two attached hydrogens (primary N) is 1. The molecule has 0 aromatic heterocycles. The first-order chi connectivity index (χ1) is 10.0. The molecule has 2 unspecified atom stereocenters. The highest BCUT2D eigenvalue weighted by molar-refractivity contribution is 6.01. The largest absolute Gasteiger partial charge is 0.497 e. The molecule has 2 atom stereocenters. The Kier molecular flexibility index (Phi) is 4.80. The Balaban J connectivity index is 2.20. The molecule has 1 amide bonds. The van der Waals surface area contributed by atoms with E-state index in [1.54, 1.807) is 6.07 Å². The average Bonchev–Trinajstić information content (AvgIpc) is 2.47. The summed E-state index contributed by atoms with van der Waals surface area (Å²) in [7, 11) is 1.48. The van der Waals surface area contributed by atoms with Gasteiger partial charge in [0.15, 0.2) is 0 Å². The predicted molar refractivity (Wildman–Crippen MR) is 78.5 cm³/mol. The van der Waals surface area contributed by atoms with E-state index in [-0.39, 0.29) is 29.1 Å². The van der Waals surface area contributed by atoms with Crippen molar-refractivity contribution in [3.05, 3.63) is 23.8 Å². The third-order valence-corrected chi connectivity index (χ3v) is 3.87. The zero-order valence-electron chi connectivity index (χ0n) is 12.0. The van der Waals surface area contributed by atoms with Gasteiger partial charge in [0, 0.05) is 12.1 Å². The summed E-state index contributed by atoms with van der Waals surface area (Å²) in [5.41, 5.74) is 6.26. The van der Waals surface area contributed by atoms with Gasteiger partial charge in [-0.25, -0.2) is 4.79 Å². The number of hydrogen-bond acceptors (Lipinski definition) is 4. The molecule has 1 fully saturated rings. The molecule has 0 bridgehead atoms. The number of carboxylic acids is 1. The van der Waals surface area contributed by atoms with Crippen LogP contribution in [0.3, 0.4) is 0 Å². The van der Waals surface area contributed by atoms with E-state index in [9.17, 15) is 14.7 Å². The maximum atomic E-state index is 12.3. The van der Waals surface area contributed by atoms with Crippen LogP contribution in [0.15, 0.2) is 18.2 Å². The molecule has 6 heteroatoms. The number of aromatic carboxylic acids is 1. The molecule has 1 aromatic carbocycles. The van der Waals surface area contributed by atoms with Crippen LogP contribution < -0.4 is 15.8 Å². The lowest BCUT2D eigenvalue weighted by molar-refractivity contribution is -0.121. The maximum Gasteiger partial charge on any atom is 0.337 e. The molecule has 1 aliphatic carbocycles. The second-order valence-corrected chi connectivity index (χ2v) is 5.26. The Morgan fingerprint density at radius 3 is 2.67 bits per heavy atom. The van der Waals surface area contributed by atoms with E-state index in [0.29, 0.717) is 5.75 Å². The molecule has 1 aliphatic rings. The Morgan fingerprint density at radius 2 is 2.05 bits per heavy atom. The molecule has 0 heterocycles. The van der Waals surface area contributed by atoms with Gasteiger partial charge in [-0.15, -0.1) is 0 Å². The van der Waals surface area contributed by atoms with Crippen molar-refractivity contribution < 1.29 is 19.4 Å². The van der Waals surface area contributed by atoms with Crippen molar-refractivity contribution in [1.29, 1.82) is 0 Å². The molecule has 114 valence electrons. The van der Waals surface area contributed by atoms with Crippen molar-refractivity contribution in [1.82, 2.24) is 0 Å². The van der Waals surface area contributed by atoms with Gasteiger partial charge in [0.25, 0.3) is 0 Å². The number of methoxy groups -OCH3 is 1. The molecule has 0 saturated heterocycles. The first-order valence-corrected chi connectivity index (χ1v) is 7.00. The monoisotopic (exact) mass is 292 g/mol. The minimum Gasteiger partial charge on any atom is -0.497 e. The summed E-state index contributed by atoms with van der Waals surface area (Å²) >= 11 is 0. The number of carbonyl (C=O) groups is 2. The van der Waals surface area contributed by atoms with Crippen LogP contribution >= 0.6 is 0 Å². The fraction of sp³-hybridized carbons (Fsp3) is 0.467. The number of carbonyl (C=O) groups excluding carboxylic acids is 1. The van der Waals surface area contributed by atoms with Gasteiger partial charge < -0.3 is 20.9 Å². The van der Waals surface area contributed by atoms with Gasteiger partial charge in [-0.05, 0) is 25.0 Å². The van der Waals surface area contributed by atoms with Crippen molar-refractivity contribution >= 4 is 17.6 Å². The Morgan fingerprint density at radius 1 is 1.33 bits per heavy atom. The average molecular weight is 292 g/mol. The third kappa shape index (κ3) is 3.52. The van der Waals surface area contributed by atoms with Crippen molar-refractivity contribution in [3.8, 4) is 5.75 Å². The number of ether oxygens (including phenoxy) is 1. The molecular weight excluding hydrogens is 272 g/mol. The second-order valence-electron chi connectivity index (χ2n) is 5.26. The molecule has 0 radical (unpaired) electrons. The highest BCUT2D eigenvalue weighted by Gasteiger charge is 2.29. The number of anilines is 1. The first kappa shape index (κ1) is 15.3. The molecule has 0 spiro atoms. The van der Waals surface area contributed by atoms with Crippen LogP contribution in [0, 0.1) is 5.92 Å². The molecule has 2 rings (SSSR count). The van der Waals surface area contributed by atoms with E-state index in [2.05, 4.69) is 5.32 Å². The fourth-order valence-corrected chi connectivity index (χ4v) is 2.65. The van der Waals surface area contributed by atoms with Crippen LogP contribution in [0.5, 0.6) is 5.75 Å². The topological polar surface area (TPSA) is 102 Å². The number of amides is 1. The predicted octanol–water partition coefficient (Wildman–Crippen LogP) is 1.85. The molecule has 21 heavy (non-hydrogen) atoms. The van der Waals surface area contributed by atoms with E-state index >= 15 is 0 Å². The fourth-order valence-electron chi connectivity index (χ4n) is 2.65. The second kappa shape index (κ2) is 6.58. The summed E-state index contributed by atoms with van der Waals surface area (Å²) in [5, 5.41) is 11.9. The van der Waals surface area contributed by atoms with E-state index < -0.39 is 5.97 Å². The maximum absolute atomic E-state index is 12.3. The number of nitrogens with one attached hydrogen (secondary N) is 1. The Hall–Kier alpha value is -2.08. The lowest BCUT2D eigenvalue weighted by Gasteiger charge is -2.27. The number of rotatable bonds is 4. The van der Waals surface area contributed by atoms with Crippen LogP contribution in [-0.2, 0) is 4.79 Å². The third-order valence-electron chi connectivity index (χ3n) is 3.87. The van der Waals surface area contributed by atoms with Gasteiger partial charge in [0.2, 0.25) is 5.91 Å². The summed E-state index contributed by atoms with van der Waals surface area (Å²) in [6.07, 6.45) is 3.56. The highest BCUT2D eigenvalue weighted by atomic mass is 16.5. The normalized spacial score (nSPS) is 21.6. The molecular formula is C15H20N2O4. The molecule has 0 aliphatic heterocycles. The minimum absolute atomic E-state index is 0.0357. The molecule has 4 N–H and O–H groups in total. The molecule has 6 nitrogen and oxygen atoms in total. The quantitative estimate of drug-likeness (QED) is 0.786. The standard InChI is InChI=1S/C15H20N2O4/c1-21-9-6-7-11(15(19)20)13(8-9)17-14(18)10-4-2-3-5-12(10)16/h6-8,10,12H,2-5,16H2,1H3,(H,17,18)(H,19,20). The molecule has 1 aromatic rings. The van der Waals surface area contributed by atoms with Crippen molar-refractivity contribution in [2.75, 3.05) is 12.4 Å². The number of hydrogen-bond donors (Lipinski definition) is 3. The Labute approximate surface area is 123 Å². The van der Waals surface area contributed by atoms with Gasteiger partial charge >= 0.3 is 5.97 Å². The Bertz CT molecular complexity index is 544. The summed E-state index contributed by atoms with van der Waals surface area (Å²) in [4.78, 5) is 23.6. The number of carboxylic acid groups (broad SMARTS) is 1. The lowest BCUT2D eigenvalue weighted by Crippen LogP contribution is -2.40. The van der Waals surface area contributed by atoms with E-state index in [0.717, 1.165) is 25.7 Å². The summed E-state index contributed by atoms with van der Waals surface area (Å²) in [5.74, 6) is -1.10. The summed E-state index contributed by atoms with van der Waals surface area (Å²) in [6.45, 7) is 0. The van der Waals surface area contributed by atoms with Gasteiger partial charge in [0.1, 0.15) is 5.75 Å². The van der Waals surface area contributed by atoms with Crippen molar-refractivity contribution in [2.24, 2.45) is 11.7 Å². The summed E-state index contributed by atoms with van der Waals surface area (Å²) < 4.78 is 5.07. The van der Waals surface area contributed by atoms with E-state index in [4.69, 9.17) is 10.5 Å². The van der Waals surface area contributed by atoms with Gasteiger partial charge in [-0.2, -0.15) is 0 Å². The van der Waals surface area contributed by atoms with Crippen LogP contribution in [-0.4, -0.2) is 30.1 Å². The van der Waals surface area contributed by atoms with Gasteiger partial charge in [-0.1, -0.05) is 12.8 Å². The van der Waals surface area contributed by atoms with Crippen LogP contribution in [0.4, 0.5) is 5.69 Å². The summed E-state index contributed by atoms with van der Waals surface area (Å²) in [6, 6.07) is 4.30. The first-order valence-electron chi connectivity index (χ1n) is 7.00. The van der Waals surface area contributed by atoms with Crippen LogP contribution in [0.25, 0.3) is 0 Å². The smallest absolute Gasteiger partial charge is 0.337 e. The van der Waals surface area contributed by atoms with Crippen LogP contribution in [0.2, 0.25) is 0 Å². The van der Waals surface area contributed by atoms with Crippen molar-refractivity contribution in [3.63, 3.8) is 0 Å². The highest BCUT2D eigenvalue weighted by Crippen LogP contribution is 2.27. The minimum atomic E-state index is -1.10. The van der Waals surface area contributed by atoms with E-state index in [1.165, 1.54) is 19.2 Å². The SMILES string of the molecule is COc1ccc(C(=O)O)c(NC(=O)C2CCCCC2N)c1.